The zero-order valence-corrected chi connectivity index (χ0v) is 12.0. The van der Waals surface area contributed by atoms with E-state index in [2.05, 4.69) is 19.1 Å². The maximum absolute atomic E-state index is 5.67. The molecule has 0 atom stereocenters. The molecule has 0 radical (unpaired) electrons. The van der Waals surface area contributed by atoms with Gasteiger partial charge in [-0.3, -0.25) is 0 Å². The minimum absolute atomic E-state index is 0.503. The zero-order valence-electron chi connectivity index (χ0n) is 12.0. The van der Waals surface area contributed by atoms with Gasteiger partial charge in [-0.2, -0.15) is 0 Å². The Labute approximate surface area is 120 Å². The topological polar surface area (TPSA) is 27.7 Å². The maximum atomic E-state index is 5.67. The van der Waals surface area contributed by atoms with Crippen molar-refractivity contribution in [2.75, 3.05) is 20.3 Å². The molecule has 0 spiro atoms. The molecule has 106 valence electrons. The molecule has 2 aromatic carbocycles. The average Bonchev–Trinajstić information content (AvgIpc) is 2.52. The van der Waals surface area contributed by atoms with Crippen molar-refractivity contribution in [3.05, 3.63) is 54.1 Å². The smallest absolute Gasteiger partial charge is 0.123 e. The second-order valence-electron chi connectivity index (χ2n) is 4.38. The van der Waals surface area contributed by atoms with Crippen LogP contribution in [0.15, 0.2) is 48.5 Å². The molecule has 0 aromatic heterocycles. The lowest BCUT2D eigenvalue weighted by atomic mass is 10.2. The molecular formula is C17H20O3. The van der Waals surface area contributed by atoms with Crippen molar-refractivity contribution >= 4 is 0 Å². The van der Waals surface area contributed by atoms with E-state index in [-0.39, 0.29) is 0 Å². The summed E-state index contributed by atoms with van der Waals surface area (Å²) < 4.78 is 16.4. The Morgan fingerprint density at radius 2 is 1.40 bits per heavy atom. The molecule has 0 aliphatic rings. The van der Waals surface area contributed by atoms with Crippen LogP contribution >= 0.6 is 0 Å². The summed E-state index contributed by atoms with van der Waals surface area (Å²) in [4.78, 5) is 0. The Hall–Kier alpha value is -2.16. The van der Waals surface area contributed by atoms with Gasteiger partial charge in [-0.25, -0.2) is 0 Å². The van der Waals surface area contributed by atoms with Crippen molar-refractivity contribution in [3.63, 3.8) is 0 Å². The lowest BCUT2D eigenvalue weighted by Gasteiger charge is -2.10. The van der Waals surface area contributed by atoms with Gasteiger partial charge in [0, 0.05) is 6.07 Å². The van der Waals surface area contributed by atoms with Crippen molar-refractivity contribution in [2.24, 2.45) is 0 Å². The minimum Gasteiger partial charge on any atom is -0.497 e. The molecule has 2 aromatic rings. The fraction of sp³-hybridized carbons (Fsp3) is 0.294. The normalized spacial score (nSPS) is 10.1. The molecule has 0 aliphatic heterocycles. The molecule has 0 saturated carbocycles. The van der Waals surface area contributed by atoms with Gasteiger partial charge in [0.15, 0.2) is 0 Å². The molecule has 0 saturated heterocycles. The van der Waals surface area contributed by atoms with Gasteiger partial charge in [0.25, 0.3) is 0 Å². The zero-order chi connectivity index (χ0) is 14.2. The monoisotopic (exact) mass is 272 g/mol. The van der Waals surface area contributed by atoms with Crippen molar-refractivity contribution < 1.29 is 14.2 Å². The lowest BCUT2D eigenvalue weighted by molar-refractivity contribution is 0.216. The first-order valence-electron chi connectivity index (χ1n) is 6.80. The van der Waals surface area contributed by atoms with Gasteiger partial charge in [0.2, 0.25) is 0 Å². The van der Waals surface area contributed by atoms with E-state index >= 15 is 0 Å². The molecule has 0 amide bonds. The van der Waals surface area contributed by atoms with Crippen LogP contribution in [0.25, 0.3) is 0 Å². The standard InChI is InChI=1S/C17H20O3/c1-3-14-6-4-8-16(12-14)19-10-11-20-17-9-5-7-15(13-17)18-2/h4-9,12-13H,3,10-11H2,1-2H3. The molecule has 0 fully saturated rings. The largest absolute Gasteiger partial charge is 0.497 e. The second kappa shape index (κ2) is 7.43. The number of hydrogen-bond donors (Lipinski definition) is 0. The Balaban J connectivity index is 1.78. The summed E-state index contributed by atoms with van der Waals surface area (Å²) in [6.07, 6.45) is 1.01. The second-order valence-corrected chi connectivity index (χ2v) is 4.38. The van der Waals surface area contributed by atoms with Crippen molar-refractivity contribution in [1.29, 1.82) is 0 Å². The van der Waals surface area contributed by atoms with Gasteiger partial charge >= 0.3 is 0 Å². The molecule has 3 heteroatoms. The highest BCUT2D eigenvalue weighted by atomic mass is 16.5. The van der Waals surface area contributed by atoms with Crippen LogP contribution in [0, 0.1) is 0 Å². The SMILES string of the molecule is CCc1cccc(OCCOc2cccc(OC)c2)c1. The fourth-order valence-corrected chi connectivity index (χ4v) is 1.87. The molecule has 20 heavy (non-hydrogen) atoms. The third kappa shape index (κ3) is 4.19. The molecule has 0 bridgehead atoms. The molecule has 2 rings (SSSR count). The quantitative estimate of drug-likeness (QED) is 0.719. The summed E-state index contributed by atoms with van der Waals surface area (Å²) in [5.74, 6) is 2.47. The summed E-state index contributed by atoms with van der Waals surface area (Å²) in [5, 5.41) is 0. The number of methoxy groups -OCH3 is 1. The highest BCUT2D eigenvalue weighted by molar-refractivity contribution is 5.32. The average molecular weight is 272 g/mol. The van der Waals surface area contributed by atoms with Crippen LogP contribution in [-0.2, 0) is 6.42 Å². The van der Waals surface area contributed by atoms with Gasteiger partial charge < -0.3 is 14.2 Å². The van der Waals surface area contributed by atoms with Gasteiger partial charge in [-0.1, -0.05) is 25.1 Å². The number of benzene rings is 2. The van der Waals surface area contributed by atoms with E-state index in [0.717, 1.165) is 23.7 Å². The van der Waals surface area contributed by atoms with E-state index in [1.54, 1.807) is 7.11 Å². The van der Waals surface area contributed by atoms with Crippen molar-refractivity contribution in [1.82, 2.24) is 0 Å². The highest BCUT2D eigenvalue weighted by Crippen LogP contribution is 2.19. The lowest BCUT2D eigenvalue weighted by Crippen LogP contribution is -2.09. The van der Waals surface area contributed by atoms with Crippen LogP contribution in [0.1, 0.15) is 12.5 Å². The van der Waals surface area contributed by atoms with Crippen LogP contribution in [0.3, 0.4) is 0 Å². The summed E-state index contributed by atoms with van der Waals surface area (Å²) in [6.45, 7) is 3.15. The number of aryl methyl sites for hydroxylation is 1. The van der Waals surface area contributed by atoms with Crippen LogP contribution in [0.5, 0.6) is 17.2 Å². The summed E-state index contributed by atoms with van der Waals surface area (Å²) in [6, 6.07) is 15.7. The molecular weight excluding hydrogens is 252 g/mol. The van der Waals surface area contributed by atoms with Gasteiger partial charge in [-0.15, -0.1) is 0 Å². The highest BCUT2D eigenvalue weighted by Gasteiger charge is 1.98. The Morgan fingerprint density at radius 1 is 0.800 bits per heavy atom. The Kier molecular flexibility index (Phi) is 5.30. The molecule has 0 aliphatic carbocycles. The van der Waals surface area contributed by atoms with Gasteiger partial charge in [-0.05, 0) is 36.2 Å². The number of rotatable bonds is 7. The molecule has 0 unspecified atom stereocenters. The Morgan fingerprint density at radius 3 is 2.05 bits per heavy atom. The van der Waals surface area contributed by atoms with E-state index in [0.29, 0.717) is 13.2 Å². The van der Waals surface area contributed by atoms with Gasteiger partial charge in [0.1, 0.15) is 30.5 Å². The Bertz CT molecular complexity index is 488. The van der Waals surface area contributed by atoms with Crippen LogP contribution in [0.2, 0.25) is 0 Å². The molecule has 0 N–H and O–H groups in total. The third-order valence-corrected chi connectivity index (χ3v) is 2.97. The summed E-state index contributed by atoms with van der Waals surface area (Å²) in [7, 11) is 1.64. The minimum atomic E-state index is 0.503. The first-order chi connectivity index (χ1) is 9.81. The van der Waals surface area contributed by atoms with Gasteiger partial charge in [0.05, 0.1) is 7.11 Å². The number of ether oxygens (including phenoxy) is 3. The van der Waals surface area contributed by atoms with Crippen LogP contribution in [-0.4, -0.2) is 20.3 Å². The molecule has 0 heterocycles. The fourth-order valence-electron chi connectivity index (χ4n) is 1.87. The number of hydrogen-bond acceptors (Lipinski definition) is 3. The first-order valence-corrected chi connectivity index (χ1v) is 6.80. The first kappa shape index (κ1) is 14.3. The van der Waals surface area contributed by atoms with Crippen LogP contribution < -0.4 is 14.2 Å². The third-order valence-electron chi connectivity index (χ3n) is 2.97. The predicted molar refractivity (Wildman–Crippen MR) is 79.8 cm³/mol. The van der Waals surface area contributed by atoms with E-state index in [9.17, 15) is 0 Å². The van der Waals surface area contributed by atoms with Crippen LogP contribution in [0.4, 0.5) is 0 Å². The molecule has 3 nitrogen and oxygen atoms in total. The maximum Gasteiger partial charge on any atom is 0.123 e. The summed E-state index contributed by atoms with van der Waals surface area (Å²) >= 11 is 0. The van der Waals surface area contributed by atoms with E-state index in [1.165, 1.54) is 5.56 Å². The van der Waals surface area contributed by atoms with E-state index in [1.807, 2.05) is 36.4 Å². The van der Waals surface area contributed by atoms with E-state index < -0.39 is 0 Å². The predicted octanol–water partition coefficient (Wildman–Crippen LogP) is 3.72. The van der Waals surface area contributed by atoms with Crippen molar-refractivity contribution in [3.8, 4) is 17.2 Å². The van der Waals surface area contributed by atoms with E-state index in [4.69, 9.17) is 14.2 Å². The summed E-state index contributed by atoms with van der Waals surface area (Å²) in [5.41, 5.74) is 1.27. The van der Waals surface area contributed by atoms with Crippen molar-refractivity contribution in [2.45, 2.75) is 13.3 Å².